The summed E-state index contributed by atoms with van der Waals surface area (Å²) in [7, 11) is 0. The predicted molar refractivity (Wildman–Crippen MR) is 292 cm³/mol. The number of hydrogen-bond donors (Lipinski definition) is 0. The van der Waals surface area contributed by atoms with Gasteiger partial charge in [0.2, 0.25) is 0 Å². The Kier molecular flexibility index (Phi) is 8.85. The molecule has 10 aromatic carbocycles. The maximum atomic E-state index is 9.88. The molecule has 0 aliphatic heterocycles. The molecule has 0 unspecified atom stereocenters. The average molecular weight is 893 g/mol. The molecule has 3 nitrogen and oxygen atoms in total. The zero-order chi connectivity index (χ0) is 47.4. The minimum Gasteiger partial charge on any atom is -0.309 e. The van der Waals surface area contributed by atoms with E-state index < -0.39 is 5.89 Å². The van der Waals surface area contributed by atoms with Gasteiger partial charge in [0.05, 0.1) is 34.3 Å². The monoisotopic (exact) mass is 892 g/mol. The number of nitrogens with zero attached hydrogens (tertiary/aromatic N) is 3. The fraction of sp³-hybridized carbons (Fsp3) is 0.0448. The van der Waals surface area contributed by atoms with Crippen LogP contribution in [0.4, 0.5) is 0 Å². The molecular weight excluding hydrogens is 847 g/mol. The molecular formula is C67H45N3. The third kappa shape index (κ3) is 6.08. The Morgan fingerprint density at radius 1 is 0.357 bits per heavy atom. The van der Waals surface area contributed by atoms with Gasteiger partial charge < -0.3 is 4.57 Å². The van der Waals surface area contributed by atoms with Crippen LogP contribution in [-0.2, 0) is 0 Å². The van der Waals surface area contributed by atoms with Crippen LogP contribution in [0.25, 0.3) is 139 Å². The van der Waals surface area contributed by atoms with Crippen molar-refractivity contribution < 1.29 is 1.37 Å². The van der Waals surface area contributed by atoms with Crippen molar-refractivity contribution in [3.8, 4) is 117 Å². The molecule has 0 amide bonds. The van der Waals surface area contributed by atoms with Crippen LogP contribution in [0.5, 0.6) is 0 Å². The second-order valence-corrected chi connectivity index (χ2v) is 18.8. The van der Waals surface area contributed by atoms with Gasteiger partial charge in [0.1, 0.15) is 0 Å². The summed E-state index contributed by atoms with van der Waals surface area (Å²) in [6.07, 6.45) is 1.93. The second kappa shape index (κ2) is 15.8. The number of para-hydroxylation sites is 2. The van der Waals surface area contributed by atoms with Crippen LogP contribution in [0.2, 0.25) is 0 Å². The van der Waals surface area contributed by atoms with E-state index in [1.165, 1.54) is 60.8 Å². The summed E-state index contributed by atoms with van der Waals surface area (Å²) < 4.78 is 12.3. The van der Waals surface area contributed by atoms with Crippen LogP contribution < -0.4 is 0 Å². The van der Waals surface area contributed by atoms with E-state index in [0.717, 1.165) is 84.0 Å². The van der Waals surface area contributed by atoms with E-state index in [1.807, 2.05) is 20.0 Å². The first-order valence-corrected chi connectivity index (χ1v) is 24.2. The van der Waals surface area contributed by atoms with Gasteiger partial charge in [-0.2, -0.15) is 0 Å². The molecule has 12 aromatic rings. The zero-order valence-electron chi connectivity index (χ0n) is 39.8. The SMILES string of the molecule is [2H]C(C)(C)c1c(-c2ccc3c(c2)-c2ccccc2-c2ccccc2-c2ccccc2-3)cccc1-c1cnc2c(n1)-c1ccccc1-c1ccccc1-c1cc(-n3c4ccccc4c4ccccc43)ccc1-2. The molecule has 328 valence electrons. The zero-order valence-corrected chi connectivity index (χ0v) is 38.8. The van der Waals surface area contributed by atoms with Crippen molar-refractivity contribution in [2.45, 2.75) is 19.7 Å². The van der Waals surface area contributed by atoms with Crippen LogP contribution in [0.3, 0.4) is 0 Å². The van der Waals surface area contributed by atoms with Crippen molar-refractivity contribution in [1.82, 2.24) is 14.5 Å². The van der Waals surface area contributed by atoms with Gasteiger partial charge in [-0.3, -0.25) is 4.98 Å². The summed E-state index contributed by atoms with van der Waals surface area (Å²) in [6.45, 7) is 3.98. The Bertz CT molecular complexity index is 4110. The van der Waals surface area contributed by atoms with Gasteiger partial charge >= 0.3 is 0 Å². The molecule has 3 heteroatoms. The highest BCUT2D eigenvalue weighted by atomic mass is 15.0. The first-order chi connectivity index (χ1) is 34.9. The van der Waals surface area contributed by atoms with Gasteiger partial charge in [-0.1, -0.05) is 208 Å². The van der Waals surface area contributed by atoms with E-state index in [2.05, 4.69) is 229 Å². The highest BCUT2D eigenvalue weighted by molar-refractivity contribution is 6.10. The first kappa shape index (κ1) is 39.1. The summed E-state index contributed by atoms with van der Waals surface area (Å²) in [5.74, 6) is -1.00. The lowest BCUT2D eigenvalue weighted by molar-refractivity contribution is 0.870. The minimum atomic E-state index is -1.00. The maximum absolute atomic E-state index is 9.88. The van der Waals surface area contributed by atoms with E-state index in [4.69, 9.17) is 9.97 Å². The largest absolute Gasteiger partial charge is 0.309 e. The standard InChI is InChI=1S/C67H45N3/c1-41(2)65-44(42-34-36-54-49-22-6-5-20-47(49)45-18-3-4-19-46(45)48-21-7-9-25-52(48)60(54)38-42)30-17-31-59(65)62-40-68-66-58-37-35-43(70-63-32-15-13-27-55(63)56-28-14-16-33-64(56)70)39-61(58)53-26-10-8-23-50(53)51-24-11-12-29-57(51)67(66)69-62/h3-41H,1-2H3/i41D. The topological polar surface area (TPSA) is 30.7 Å². The van der Waals surface area contributed by atoms with E-state index in [1.54, 1.807) is 0 Å². The highest BCUT2D eigenvalue weighted by Gasteiger charge is 2.28. The first-order valence-electron chi connectivity index (χ1n) is 24.7. The van der Waals surface area contributed by atoms with E-state index in [-0.39, 0.29) is 0 Å². The molecule has 0 N–H and O–H groups in total. The maximum Gasteiger partial charge on any atom is 0.0979 e. The number of hydrogen-bond acceptors (Lipinski definition) is 2. The molecule has 0 atom stereocenters. The molecule has 0 radical (unpaired) electrons. The van der Waals surface area contributed by atoms with Crippen molar-refractivity contribution in [2.24, 2.45) is 0 Å². The molecule has 0 saturated heterocycles. The Labute approximate surface area is 409 Å². The fourth-order valence-electron chi connectivity index (χ4n) is 11.7. The molecule has 14 rings (SSSR count). The number of rotatable bonds is 4. The summed E-state index contributed by atoms with van der Waals surface area (Å²) in [5.41, 5.74) is 25.8. The molecule has 2 aliphatic rings. The van der Waals surface area contributed by atoms with Gasteiger partial charge in [-0.05, 0) is 120 Å². The average Bonchev–Trinajstić information content (AvgIpc) is 3.76. The lowest BCUT2D eigenvalue weighted by atomic mass is 9.79. The van der Waals surface area contributed by atoms with Crippen LogP contribution in [0.1, 0.15) is 26.7 Å². The smallest absolute Gasteiger partial charge is 0.0979 e. The second-order valence-electron chi connectivity index (χ2n) is 18.8. The quantitative estimate of drug-likeness (QED) is 0.176. The van der Waals surface area contributed by atoms with Crippen molar-refractivity contribution in [2.75, 3.05) is 0 Å². The minimum absolute atomic E-state index is 0.732. The van der Waals surface area contributed by atoms with E-state index >= 15 is 0 Å². The van der Waals surface area contributed by atoms with Gasteiger partial charge in [0.25, 0.3) is 0 Å². The third-order valence-electron chi connectivity index (χ3n) is 14.7. The van der Waals surface area contributed by atoms with Gasteiger partial charge in [-0.25, -0.2) is 4.98 Å². The number of aromatic nitrogens is 3. The summed E-state index contributed by atoms with van der Waals surface area (Å²) in [6, 6.07) is 81.1. The van der Waals surface area contributed by atoms with Crippen LogP contribution in [-0.4, -0.2) is 14.5 Å². The molecule has 70 heavy (non-hydrogen) atoms. The molecule has 0 spiro atoms. The third-order valence-corrected chi connectivity index (χ3v) is 14.7. The van der Waals surface area contributed by atoms with Crippen LogP contribution >= 0.6 is 0 Å². The molecule has 0 bridgehead atoms. The van der Waals surface area contributed by atoms with Gasteiger partial charge in [0.15, 0.2) is 0 Å². The summed E-state index contributed by atoms with van der Waals surface area (Å²) in [5, 5.41) is 2.46. The Hall–Kier alpha value is -8.92. The highest BCUT2D eigenvalue weighted by Crippen LogP contribution is 2.51. The normalized spacial score (nSPS) is 12.3. The van der Waals surface area contributed by atoms with Crippen LogP contribution in [0, 0.1) is 0 Å². The lowest BCUT2D eigenvalue weighted by Crippen LogP contribution is -2.04. The molecule has 0 saturated carbocycles. The van der Waals surface area contributed by atoms with E-state index in [9.17, 15) is 1.37 Å². The van der Waals surface area contributed by atoms with Crippen molar-refractivity contribution in [3.63, 3.8) is 0 Å². The molecule has 2 aliphatic carbocycles. The predicted octanol–water partition coefficient (Wildman–Crippen LogP) is 18.0. The number of benzene rings is 10. The molecule has 2 heterocycles. The van der Waals surface area contributed by atoms with Gasteiger partial charge in [0, 0.05) is 34.5 Å². The Morgan fingerprint density at radius 2 is 0.757 bits per heavy atom. The van der Waals surface area contributed by atoms with Crippen molar-refractivity contribution in [3.05, 3.63) is 236 Å². The van der Waals surface area contributed by atoms with E-state index in [0.29, 0.717) is 0 Å². The molecule has 0 fully saturated rings. The van der Waals surface area contributed by atoms with Crippen molar-refractivity contribution in [1.29, 1.82) is 0 Å². The van der Waals surface area contributed by atoms with Crippen molar-refractivity contribution >= 4 is 21.8 Å². The summed E-state index contributed by atoms with van der Waals surface area (Å²) in [4.78, 5) is 11.1. The summed E-state index contributed by atoms with van der Waals surface area (Å²) >= 11 is 0. The van der Waals surface area contributed by atoms with Gasteiger partial charge in [-0.15, -0.1) is 0 Å². The number of fused-ring (bicyclic) bond motifs is 19. The Morgan fingerprint density at radius 3 is 1.30 bits per heavy atom. The molecule has 2 aromatic heterocycles. The fourth-order valence-corrected chi connectivity index (χ4v) is 11.7. The van der Waals surface area contributed by atoms with Crippen LogP contribution in [0.15, 0.2) is 231 Å². The Balaban J connectivity index is 0.970. The lowest BCUT2D eigenvalue weighted by Gasteiger charge is -2.25.